The van der Waals surface area contributed by atoms with Crippen molar-refractivity contribution in [1.29, 1.82) is 0 Å². The maximum Gasteiger partial charge on any atom is 0.219 e. The zero-order valence-electron chi connectivity index (χ0n) is 11.4. The molecule has 0 fully saturated rings. The highest BCUT2D eigenvalue weighted by Gasteiger charge is 2.33. The molecule has 5 nitrogen and oxygen atoms in total. The molecule has 0 aromatic rings. The molecule has 0 bridgehead atoms. The Bertz CT molecular complexity index is 304. The summed E-state index contributed by atoms with van der Waals surface area (Å²) in [4.78, 5) is 0. The van der Waals surface area contributed by atoms with E-state index in [4.69, 9.17) is 11.5 Å². The van der Waals surface area contributed by atoms with Crippen LogP contribution in [0.4, 0.5) is 0 Å². The molecule has 0 aromatic carbocycles. The zero-order chi connectivity index (χ0) is 13.6. The summed E-state index contributed by atoms with van der Waals surface area (Å²) in [5.41, 5.74) is 10.9. The fraction of sp³-hybridized carbons (Fsp3) is 1.00. The number of nitrogens with two attached hydrogens (primary N) is 2. The molecule has 2 unspecified atom stereocenters. The SMILES string of the molecule is CCCCC(C)C(CC)S(=O)(=O)N(C)C(N)N. The van der Waals surface area contributed by atoms with Gasteiger partial charge in [0.1, 0.15) is 6.29 Å². The summed E-state index contributed by atoms with van der Waals surface area (Å²) in [6.45, 7) is 5.97. The largest absolute Gasteiger partial charge is 0.303 e. The van der Waals surface area contributed by atoms with Crippen LogP contribution < -0.4 is 11.5 Å². The molecule has 0 aliphatic heterocycles. The van der Waals surface area contributed by atoms with Crippen molar-refractivity contribution in [3.05, 3.63) is 0 Å². The molecular formula is C11H27N3O2S. The standard InChI is InChI=1S/C11H27N3O2S/c1-5-7-8-9(3)10(6-2)17(15,16)14(4)11(12)13/h9-11H,5-8,12-13H2,1-4H3. The lowest BCUT2D eigenvalue weighted by Crippen LogP contribution is -2.52. The molecule has 0 saturated carbocycles. The highest BCUT2D eigenvalue weighted by molar-refractivity contribution is 7.89. The Morgan fingerprint density at radius 1 is 1.24 bits per heavy atom. The minimum atomic E-state index is -3.40. The van der Waals surface area contributed by atoms with Gasteiger partial charge in [-0.3, -0.25) is 0 Å². The lowest BCUT2D eigenvalue weighted by atomic mass is 9.99. The Labute approximate surface area is 106 Å². The molecule has 0 aliphatic carbocycles. The molecule has 0 spiro atoms. The van der Waals surface area contributed by atoms with Crippen molar-refractivity contribution >= 4 is 10.0 Å². The van der Waals surface area contributed by atoms with Crippen LogP contribution in [0.25, 0.3) is 0 Å². The van der Waals surface area contributed by atoms with Crippen molar-refractivity contribution in [2.45, 2.75) is 58.0 Å². The summed E-state index contributed by atoms with van der Waals surface area (Å²) in [7, 11) is -1.96. The minimum absolute atomic E-state index is 0.131. The molecule has 0 radical (unpaired) electrons. The summed E-state index contributed by atoms with van der Waals surface area (Å²) < 4.78 is 25.6. The molecule has 0 aliphatic rings. The maximum absolute atomic E-state index is 12.3. The quantitative estimate of drug-likeness (QED) is 0.642. The zero-order valence-corrected chi connectivity index (χ0v) is 12.2. The number of unbranched alkanes of at least 4 members (excludes halogenated alkanes) is 1. The first-order valence-corrected chi connectivity index (χ1v) is 7.77. The molecule has 2 atom stereocenters. The summed E-state index contributed by atoms with van der Waals surface area (Å²) in [6.07, 6.45) is 2.66. The van der Waals surface area contributed by atoms with Crippen molar-refractivity contribution in [2.24, 2.45) is 17.4 Å². The van der Waals surface area contributed by atoms with E-state index in [-0.39, 0.29) is 5.92 Å². The molecule has 0 heterocycles. The Morgan fingerprint density at radius 3 is 2.12 bits per heavy atom. The highest BCUT2D eigenvalue weighted by Crippen LogP contribution is 2.23. The Hall–Kier alpha value is -0.170. The van der Waals surface area contributed by atoms with E-state index in [2.05, 4.69) is 6.92 Å². The van der Waals surface area contributed by atoms with Crippen LogP contribution in [0.5, 0.6) is 0 Å². The second kappa shape index (κ2) is 7.31. The van der Waals surface area contributed by atoms with Crippen molar-refractivity contribution in [2.75, 3.05) is 7.05 Å². The Balaban J connectivity index is 4.86. The van der Waals surface area contributed by atoms with E-state index in [1.54, 1.807) is 0 Å². The molecule has 0 aromatic heterocycles. The molecule has 6 heteroatoms. The van der Waals surface area contributed by atoms with Crippen molar-refractivity contribution in [3.63, 3.8) is 0 Å². The lowest BCUT2D eigenvalue weighted by molar-refractivity contribution is 0.359. The molecule has 0 rings (SSSR count). The number of hydrogen-bond acceptors (Lipinski definition) is 4. The van der Waals surface area contributed by atoms with Crippen LogP contribution in [0.3, 0.4) is 0 Å². The van der Waals surface area contributed by atoms with Crippen LogP contribution in [0.1, 0.15) is 46.5 Å². The first-order valence-electron chi connectivity index (χ1n) is 6.27. The first-order chi connectivity index (χ1) is 7.78. The third-order valence-electron chi connectivity index (χ3n) is 3.25. The predicted octanol–water partition coefficient (Wildman–Crippen LogP) is 1.05. The lowest BCUT2D eigenvalue weighted by Gasteiger charge is -2.29. The van der Waals surface area contributed by atoms with Gasteiger partial charge in [-0.25, -0.2) is 8.42 Å². The third-order valence-corrected chi connectivity index (χ3v) is 5.86. The average molecular weight is 265 g/mol. The fourth-order valence-corrected chi connectivity index (χ4v) is 3.91. The summed E-state index contributed by atoms with van der Waals surface area (Å²) in [5, 5.41) is -0.395. The molecule has 17 heavy (non-hydrogen) atoms. The van der Waals surface area contributed by atoms with E-state index < -0.39 is 21.6 Å². The van der Waals surface area contributed by atoms with E-state index in [0.717, 1.165) is 23.6 Å². The fourth-order valence-electron chi connectivity index (χ4n) is 2.00. The van der Waals surface area contributed by atoms with Gasteiger partial charge >= 0.3 is 0 Å². The molecule has 4 N–H and O–H groups in total. The van der Waals surface area contributed by atoms with E-state index >= 15 is 0 Å². The van der Waals surface area contributed by atoms with Crippen LogP contribution in [0, 0.1) is 5.92 Å². The monoisotopic (exact) mass is 265 g/mol. The highest BCUT2D eigenvalue weighted by atomic mass is 32.2. The van der Waals surface area contributed by atoms with E-state index in [9.17, 15) is 8.42 Å². The van der Waals surface area contributed by atoms with Crippen LogP contribution in [-0.4, -0.2) is 31.3 Å². The van der Waals surface area contributed by atoms with Gasteiger partial charge in [-0.05, 0) is 18.8 Å². The van der Waals surface area contributed by atoms with Gasteiger partial charge in [0.25, 0.3) is 0 Å². The minimum Gasteiger partial charge on any atom is -0.303 e. The van der Waals surface area contributed by atoms with Gasteiger partial charge in [0.05, 0.1) is 5.25 Å². The number of rotatable bonds is 8. The third kappa shape index (κ3) is 4.54. The van der Waals surface area contributed by atoms with Crippen LogP contribution in [-0.2, 0) is 10.0 Å². The summed E-state index contributed by atoms with van der Waals surface area (Å²) >= 11 is 0. The second-order valence-corrected chi connectivity index (χ2v) is 6.83. The van der Waals surface area contributed by atoms with Crippen LogP contribution >= 0.6 is 0 Å². The summed E-state index contributed by atoms with van der Waals surface area (Å²) in [5.74, 6) is 0.131. The van der Waals surface area contributed by atoms with Gasteiger partial charge in [0, 0.05) is 7.05 Å². The second-order valence-electron chi connectivity index (χ2n) is 4.62. The Morgan fingerprint density at radius 2 is 1.76 bits per heavy atom. The van der Waals surface area contributed by atoms with Gasteiger partial charge in [0.15, 0.2) is 0 Å². The van der Waals surface area contributed by atoms with Crippen LogP contribution in [0.2, 0.25) is 0 Å². The molecule has 104 valence electrons. The smallest absolute Gasteiger partial charge is 0.219 e. The first kappa shape index (κ1) is 16.8. The van der Waals surface area contributed by atoms with Gasteiger partial charge < -0.3 is 11.5 Å². The van der Waals surface area contributed by atoms with E-state index in [0.29, 0.717) is 6.42 Å². The van der Waals surface area contributed by atoms with Gasteiger partial charge in [0.2, 0.25) is 10.0 Å². The topological polar surface area (TPSA) is 89.4 Å². The van der Waals surface area contributed by atoms with E-state index in [1.807, 2.05) is 13.8 Å². The van der Waals surface area contributed by atoms with Gasteiger partial charge in [-0.2, -0.15) is 4.31 Å². The van der Waals surface area contributed by atoms with Crippen molar-refractivity contribution in [1.82, 2.24) is 4.31 Å². The van der Waals surface area contributed by atoms with Crippen molar-refractivity contribution < 1.29 is 8.42 Å². The molecule has 0 saturated heterocycles. The van der Waals surface area contributed by atoms with Gasteiger partial charge in [-0.15, -0.1) is 0 Å². The Kier molecular flexibility index (Phi) is 7.23. The number of sulfonamides is 1. The molecule has 0 amide bonds. The predicted molar refractivity (Wildman–Crippen MR) is 71.6 cm³/mol. The number of nitrogens with zero attached hydrogens (tertiary/aromatic N) is 1. The van der Waals surface area contributed by atoms with Crippen molar-refractivity contribution in [3.8, 4) is 0 Å². The van der Waals surface area contributed by atoms with Crippen LogP contribution in [0.15, 0.2) is 0 Å². The molecular weight excluding hydrogens is 238 g/mol. The average Bonchev–Trinajstić information content (AvgIpc) is 2.25. The van der Waals surface area contributed by atoms with Gasteiger partial charge in [-0.1, -0.05) is 33.6 Å². The summed E-state index contributed by atoms with van der Waals surface area (Å²) in [6, 6.07) is 0. The van der Waals surface area contributed by atoms with E-state index in [1.165, 1.54) is 7.05 Å². The number of hydrogen-bond donors (Lipinski definition) is 2. The maximum atomic E-state index is 12.3. The normalized spacial score (nSPS) is 16.5.